The lowest BCUT2D eigenvalue weighted by atomic mass is 10.4. The Morgan fingerprint density at radius 1 is 1.50 bits per heavy atom. The van der Waals surface area contributed by atoms with E-state index in [-0.39, 0.29) is 17.9 Å². The standard InChI is InChI=1S/C9H18N2O3/c1-13-4-5-14-3-2-11-9(12)7-6-8(7)10/h7-8H,2-6,10H2,1H3,(H,11,12). The lowest BCUT2D eigenvalue weighted by Gasteiger charge is -2.05. The summed E-state index contributed by atoms with van der Waals surface area (Å²) in [6.45, 7) is 2.22. The molecule has 5 nitrogen and oxygen atoms in total. The summed E-state index contributed by atoms with van der Waals surface area (Å²) in [7, 11) is 1.62. The number of amides is 1. The Kier molecular flexibility index (Phi) is 4.86. The van der Waals surface area contributed by atoms with Crippen LogP contribution in [0.2, 0.25) is 0 Å². The monoisotopic (exact) mass is 202 g/mol. The van der Waals surface area contributed by atoms with Crippen LogP contribution in [0.5, 0.6) is 0 Å². The number of rotatable bonds is 7. The number of hydrogen-bond donors (Lipinski definition) is 2. The maximum absolute atomic E-state index is 11.2. The number of carbonyl (C=O) groups is 1. The van der Waals surface area contributed by atoms with Crippen molar-refractivity contribution >= 4 is 5.91 Å². The third-order valence-electron chi connectivity index (χ3n) is 2.15. The van der Waals surface area contributed by atoms with Crippen LogP contribution in [-0.2, 0) is 14.3 Å². The third kappa shape index (κ3) is 4.04. The molecule has 1 aliphatic carbocycles. The molecule has 0 saturated heterocycles. The van der Waals surface area contributed by atoms with Crippen molar-refractivity contribution in [3.8, 4) is 0 Å². The molecule has 82 valence electrons. The summed E-state index contributed by atoms with van der Waals surface area (Å²) >= 11 is 0. The molecule has 0 aliphatic heterocycles. The third-order valence-corrected chi connectivity index (χ3v) is 2.15. The van der Waals surface area contributed by atoms with E-state index in [4.69, 9.17) is 15.2 Å². The zero-order valence-corrected chi connectivity index (χ0v) is 8.49. The highest BCUT2D eigenvalue weighted by molar-refractivity contribution is 5.82. The number of methoxy groups -OCH3 is 1. The van der Waals surface area contributed by atoms with Crippen LogP contribution in [0.3, 0.4) is 0 Å². The lowest BCUT2D eigenvalue weighted by Crippen LogP contribution is -2.30. The molecule has 14 heavy (non-hydrogen) atoms. The number of nitrogens with two attached hydrogens (primary N) is 1. The van der Waals surface area contributed by atoms with Crippen molar-refractivity contribution in [2.24, 2.45) is 11.7 Å². The van der Waals surface area contributed by atoms with E-state index in [1.165, 1.54) is 0 Å². The second-order valence-electron chi connectivity index (χ2n) is 3.40. The van der Waals surface area contributed by atoms with Crippen molar-refractivity contribution in [1.82, 2.24) is 5.32 Å². The van der Waals surface area contributed by atoms with Crippen LogP contribution in [0, 0.1) is 5.92 Å². The molecule has 1 amide bonds. The van der Waals surface area contributed by atoms with Crippen molar-refractivity contribution in [1.29, 1.82) is 0 Å². The molecule has 1 rings (SSSR count). The highest BCUT2D eigenvalue weighted by Crippen LogP contribution is 2.27. The molecular formula is C9H18N2O3. The van der Waals surface area contributed by atoms with Crippen LogP contribution in [0.25, 0.3) is 0 Å². The van der Waals surface area contributed by atoms with Gasteiger partial charge in [0.05, 0.1) is 25.7 Å². The van der Waals surface area contributed by atoms with Gasteiger partial charge in [0.25, 0.3) is 0 Å². The minimum atomic E-state index is 0.0361. The topological polar surface area (TPSA) is 73.6 Å². The Morgan fingerprint density at radius 2 is 2.21 bits per heavy atom. The summed E-state index contributed by atoms with van der Waals surface area (Å²) in [6.07, 6.45) is 0.816. The molecule has 0 aromatic carbocycles. The van der Waals surface area contributed by atoms with Gasteiger partial charge in [-0.25, -0.2) is 0 Å². The summed E-state index contributed by atoms with van der Waals surface area (Å²) < 4.78 is 9.98. The van der Waals surface area contributed by atoms with Gasteiger partial charge in [-0.1, -0.05) is 0 Å². The largest absolute Gasteiger partial charge is 0.382 e. The summed E-state index contributed by atoms with van der Waals surface area (Å²) in [5.74, 6) is 0.0850. The van der Waals surface area contributed by atoms with Gasteiger partial charge in [0.1, 0.15) is 0 Å². The SMILES string of the molecule is COCCOCCNC(=O)C1CC1N. The molecule has 0 bridgehead atoms. The minimum absolute atomic E-state index is 0.0361. The first-order chi connectivity index (χ1) is 6.75. The first kappa shape index (κ1) is 11.4. The summed E-state index contributed by atoms with van der Waals surface area (Å²) in [5.41, 5.74) is 5.53. The van der Waals surface area contributed by atoms with Crippen molar-refractivity contribution in [3.63, 3.8) is 0 Å². The van der Waals surface area contributed by atoms with E-state index in [9.17, 15) is 4.79 Å². The van der Waals surface area contributed by atoms with Gasteiger partial charge in [0.2, 0.25) is 5.91 Å². The number of ether oxygens (including phenoxy) is 2. The average Bonchev–Trinajstić information content (AvgIpc) is 2.88. The molecule has 1 aliphatic rings. The van der Waals surface area contributed by atoms with Gasteiger partial charge < -0.3 is 20.5 Å². The first-order valence-corrected chi connectivity index (χ1v) is 4.85. The van der Waals surface area contributed by atoms with Crippen LogP contribution in [-0.4, -0.2) is 45.4 Å². The van der Waals surface area contributed by atoms with Gasteiger partial charge in [-0.15, -0.1) is 0 Å². The van der Waals surface area contributed by atoms with Crippen molar-refractivity contribution in [2.75, 3.05) is 33.5 Å². The van der Waals surface area contributed by atoms with Crippen molar-refractivity contribution < 1.29 is 14.3 Å². The minimum Gasteiger partial charge on any atom is -0.382 e. The fourth-order valence-corrected chi connectivity index (χ4v) is 1.14. The van der Waals surface area contributed by atoms with E-state index in [1.807, 2.05) is 0 Å². The summed E-state index contributed by atoms with van der Waals surface area (Å²) in [4.78, 5) is 11.2. The summed E-state index contributed by atoms with van der Waals surface area (Å²) in [5, 5.41) is 2.77. The molecule has 0 aromatic rings. The second kappa shape index (κ2) is 5.95. The van der Waals surface area contributed by atoms with Gasteiger partial charge in [0, 0.05) is 19.7 Å². The van der Waals surface area contributed by atoms with Gasteiger partial charge in [-0.05, 0) is 6.42 Å². The number of carbonyl (C=O) groups excluding carboxylic acids is 1. The van der Waals surface area contributed by atoms with E-state index in [1.54, 1.807) is 7.11 Å². The highest BCUT2D eigenvalue weighted by atomic mass is 16.5. The van der Waals surface area contributed by atoms with E-state index in [2.05, 4.69) is 5.32 Å². The van der Waals surface area contributed by atoms with Crippen LogP contribution in [0.15, 0.2) is 0 Å². The molecule has 0 spiro atoms. The highest BCUT2D eigenvalue weighted by Gasteiger charge is 2.39. The smallest absolute Gasteiger partial charge is 0.224 e. The molecule has 5 heteroatoms. The van der Waals surface area contributed by atoms with E-state index in [0.717, 1.165) is 6.42 Å². The van der Waals surface area contributed by atoms with Crippen LogP contribution < -0.4 is 11.1 Å². The second-order valence-corrected chi connectivity index (χ2v) is 3.40. The predicted octanol–water partition coefficient (Wildman–Crippen LogP) is -0.887. The quantitative estimate of drug-likeness (QED) is 0.525. The van der Waals surface area contributed by atoms with E-state index >= 15 is 0 Å². The normalized spacial score (nSPS) is 24.7. The molecule has 1 fully saturated rings. The Morgan fingerprint density at radius 3 is 2.79 bits per heavy atom. The molecule has 0 aromatic heterocycles. The maximum Gasteiger partial charge on any atom is 0.224 e. The van der Waals surface area contributed by atoms with E-state index in [0.29, 0.717) is 26.4 Å². The molecular weight excluding hydrogens is 184 g/mol. The van der Waals surface area contributed by atoms with Crippen LogP contribution in [0.4, 0.5) is 0 Å². The fourth-order valence-electron chi connectivity index (χ4n) is 1.14. The average molecular weight is 202 g/mol. The van der Waals surface area contributed by atoms with Gasteiger partial charge in [-0.2, -0.15) is 0 Å². The predicted molar refractivity (Wildman–Crippen MR) is 51.8 cm³/mol. The fraction of sp³-hybridized carbons (Fsp3) is 0.889. The number of hydrogen-bond acceptors (Lipinski definition) is 4. The van der Waals surface area contributed by atoms with Crippen molar-refractivity contribution in [2.45, 2.75) is 12.5 Å². The van der Waals surface area contributed by atoms with Gasteiger partial charge >= 0.3 is 0 Å². The molecule has 2 unspecified atom stereocenters. The van der Waals surface area contributed by atoms with Crippen LogP contribution in [0.1, 0.15) is 6.42 Å². The summed E-state index contributed by atoms with van der Waals surface area (Å²) in [6, 6.07) is 0.0735. The number of nitrogens with one attached hydrogen (secondary N) is 1. The van der Waals surface area contributed by atoms with Gasteiger partial charge in [-0.3, -0.25) is 4.79 Å². The molecule has 3 N–H and O–H groups in total. The maximum atomic E-state index is 11.2. The Balaban J connectivity index is 1.86. The Bertz CT molecular complexity index is 187. The molecule has 1 saturated carbocycles. The molecule has 0 heterocycles. The molecule has 2 atom stereocenters. The van der Waals surface area contributed by atoms with Crippen LogP contribution >= 0.6 is 0 Å². The van der Waals surface area contributed by atoms with E-state index < -0.39 is 0 Å². The van der Waals surface area contributed by atoms with Crippen molar-refractivity contribution in [3.05, 3.63) is 0 Å². The Hall–Kier alpha value is -0.650. The first-order valence-electron chi connectivity index (χ1n) is 4.85. The lowest BCUT2D eigenvalue weighted by molar-refractivity contribution is -0.122. The zero-order valence-electron chi connectivity index (χ0n) is 8.49. The van der Waals surface area contributed by atoms with Gasteiger partial charge in [0.15, 0.2) is 0 Å². The Labute approximate surface area is 83.9 Å². The molecule has 0 radical (unpaired) electrons. The zero-order chi connectivity index (χ0) is 10.4.